The second-order valence-corrected chi connectivity index (χ2v) is 7.74. The fraction of sp³-hybridized carbons (Fsp3) is 0.136. The number of benzene rings is 2. The van der Waals surface area contributed by atoms with Crippen LogP contribution in [0.2, 0.25) is 10.2 Å². The Bertz CT molecular complexity index is 1210. The van der Waals surface area contributed by atoms with Gasteiger partial charge in [-0.3, -0.25) is 4.79 Å². The number of hydrogen-bond donors (Lipinski definition) is 1. The molecule has 4 aromatic rings. The molecule has 0 radical (unpaired) electrons. The summed E-state index contributed by atoms with van der Waals surface area (Å²) in [5, 5.41) is 12.4. The summed E-state index contributed by atoms with van der Waals surface area (Å²) in [5.41, 5.74) is 4.38. The third-order valence-corrected chi connectivity index (χ3v) is 5.39. The van der Waals surface area contributed by atoms with Crippen LogP contribution < -0.4 is 5.32 Å². The third kappa shape index (κ3) is 4.10. The zero-order valence-electron chi connectivity index (χ0n) is 16.4. The van der Waals surface area contributed by atoms with Gasteiger partial charge in [0.2, 0.25) is 0 Å². The molecule has 30 heavy (non-hydrogen) atoms. The summed E-state index contributed by atoms with van der Waals surface area (Å²) in [5.74, 6) is -0.341. The smallest absolute Gasteiger partial charge is 0.260 e. The van der Waals surface area contributed by atoms with E-state index in [4.69, 9.17) is 23.2 Å². The van der Waals surface area contributed by atoms with Crippen LogP contribution in [0.25, 0.3) is 5.69 Å². The van der Waals surface area contributed by atoms with E-state index in [0.717, 1.165) is 11.3 Å². The molecule has 0 aliphatic rings. The van der Waals surface area contributed by atoms with Crippen LogP contribution in [-0.2, 0) is 6.54 Å². The van der Waals surface area contributed by atoms with E-state index in [9.17, 15) is 4.79 Å². The highest BCUT2D eigenvalue weighted by Crippen LogP contribution is 2.24. The molecule has 0 atom stereocenters. The minimum Gasteiger partial charge on any atom is -0.319 e. The number of carbonyl (C=O) groups is 1. The van der Waals surface area contributed by atoms with Gasteiger partial charge < -0.3 is 5.32 Å². The lowest BCUT2D eigenvalue weighted by molar-refractivity contribution is 0.102. The zero-order chi connectivity index (χ0) is 21.3. The number of rotatable bonds is 5. The van der Waals surface area contributed by atoms with Gasteiger partial charge in [-0.05, 0) is 31.5 Å². The average molecular weight is 440 g/mol. The quantitative estimate of drug-likeness (QED) is 0.459. The van der Waals surface area contributed by atoms with Gasteiger partial charge in [-0.15, -0.1) is 0 Å². The Morgan fingerprint density at radius 2 is 1.80 bits per heavy atom. The zero-order valence-corrected chi connectivity index (χ0v) is 17.9. The van der Waals surface area contributed by atoms with Gasteiger partial charge in [0.15, 0.2) is 0 Å². The molecule has 0 fully saturated rings. The maximum Gasteiger partial charge on any atom is 0.260 e. The molecule has 1 N–H and O–H groups in total. The maximum atomic E-state index is 12.9. The largest absolute Gasteiger partial charge is 0.319 e. The molecule has 6 nitrogen and oxygen atoms in total. The van der Waals surface area contributed by atoms with Gasteiger partial charge in [-0.1, -0.05) is 65.2 Å². The van der Waals surface area contributed by atoms with E-state index < -0.39 is 0 Å². The van der Waals surface area contributed by atoms with Gasteiger partial charge in [0, 0.05) is 0 Å². The summed E-state index contributed by atoms with van der Waals surface area (Å²) in [4.78, 5) is 12.9. The van der Waals surface area contributed by atoms with Crippen molar-refractivity contribution in [2.45, 2.75) is 20.4 Å². The number of amides is 1. The van der Waals surface area contributed by atoms with Crippen molar-refractivity contribution in [3.63, 3.8) is 0 Å². The molecule has 1 amide bonds. The Balaban J connectivity index is 1.53. The predicted octanol–water partition coefficient (Wildman–Crippen LogP) is 5.29. The molecule has 0 bridgehead atoms. The monoisotopic (exact) mass is 439 g/mol. The lowest BCUT2D eigenvalue weighted by atomic mass is 10.1. The van der Waals surface area contributed by atoms with Crippen molar-refractivity contribution in [3.8, 4) is 5.69 Å². The molecule has 4 rings (SSSR count). The summed E-state index contributed by atoms with van der Waals surface area (Å²) in [7, 11) is 0. The third-order valence-electron chi connectivity index (χ3n) is 4.69. The van der Waals surface area contributed by atoms with Gasteiger partial charge in [0.25, 0.3) is 5.91 Å². The molecule has 0 spiro atoms. The molecule has 2 heterocycles. The van der Waals surface area contributed by atoms with Crippen LogP contribution >= 0.6 is 23.2 Å². The molecular weight excluding hydrogens is 421 g/mol. The highest BCUT2D eigenvalue weighted by atomic mass is 35.5. The molecule has 2 aromatic heterocycles. The number of aromatic nitrogens is 4. The fourth-order valence-electron chi connectivity index (χ4n) is 3.13. The molecule has 8 heteroatoms. The Hall–Kier alpha value is -3.09. The maximum absolute atomic E-state index is 12.9. The highest BCUT2D eigenvalue weighted by Gasteiger charge is 2.21. The summed E-state index contributed by atoms with van der Waals surface area (Å²) >= 11 is 12.7. The number of aryl methyl sites for hydroxylation is 2. The first-order chi connectivity index (χ1) is 14.4. The van der Waals surface area contributed by atoms with E-state index in [1.54, 1.807) is 34.7 Å². The summed E-state index contributed by atoms with van der Waals surface area (Å²) in [6.45, 7) is 4.28. The van der Waals surface area contributed by atoms with Gasteiger partial charge in [-0.25, -0.2) is 9.36 Å². The molecule has 2 aromatic carbocycles. The normalized spacial score (nSPS) is 10.9. The van der Waals surface area contributed by atoms with Crippen LogP contribution in [0.5, 0.6) is 0 Å². The molecule has 0 saturated carbocycles. The molecule has 152 valence electrons. The first kappa shape index (κ1) is 20.2. The molecule has 0 aliphatic heterocycles. The lowest BCUT2D eigenvalue weighted by Gasteiger charge is -2.05. The second-order valence-electron chi connectivity index (χ2n) is 6.97. The van der Waals surface area contributed by atoms with Crippen molar-refractivity contribution in [1.29, 1.82) is 0 Å². The topological polar surface area (TPSA) is 64.7 Å². The van der Waals surface area contributed by atoms with E-state index in [1.165, 1.54) is 5.56 Å². The van der Waals surface area contributed by atoms with Crippen LogP contribution in [-0.4, -0.2) is 25.5 Å². The van der Waals surface area contributed by atoms with Gasteiger partial charge >= 0.3 is 0 Å². The summed E-state index contributed by atoms with van der Waals surface area (Å²) < 4.78 is 3.23. The first-order valence-corrected chi connectivity index (χ1v) is 10.1. The molecular formula is C22H19Cl2N5O. The fourth-order valence-corrected chi connectivity index (χ4v) is 3.68. The van der Waals surface area contributed by atoms with E-state index in [1.807, 2.05) is 49.4 Å². The minimum atomic E-state index is -0.341. The van der Waals surface area contributed by atoms with Crippen LogP contribution in [0.4, 0.5) is 5.69 Å². The first-order valence-electron chi connectivity index (χ1n) is 9.32. The van der Waals surface area contributed by atoms with Crippen LogP contribution in [0.1, 0.15) is 27.2 Å². The minimum absolute atomic E-state index is 0.295. The van der Waals surface area contributed by atoms with Crippen molar-refractivity contribution in [2.24, 2.45) is 0 Å². The van der Waals surface area contributed by atoms with Crippen molar-refractivity contribution >= 4 is 34.8 Å². The van der Waals surface area contributed by atoms with Crippen molar-refractivity contribution in [2.75, 3.05) is 5.32 Å². The number of anilines is 1. The van der Waals surface area contributed by atoms with Crippen LogP contribution in [0.3, 0.4) is 0 Å². The van der Waals surface area contributed by atoms with E-state index in [2.05, 4.69) is 15.5 Å². The summed E-state index contributed by atoms with van der Waals surface area (Å²) in [6.07, 6.45) is 3.25. The standard InChI is InChI=1S/C22H19Cl2N5O/c1-14-7-9-16(10-8-14)12-29-21(24)20(15(2)27-29)22(30)26-17-11-25-28(13-17)19-6-4-3-5-18(19)23/h3-11,13H,12H2,1-2H3,(H,26,30). The van der Waals surface area contributed by atoms with Gasteiger partial charge in [0.1, 0.15) is 5.15 Å². The Labute approximate surface area is 184 Å². The molecule has 0 saturated heterocycles. The van der Waals surface area contributed by atoms with Gasteiger partial charge in [-0.2, -0.15) is 10.2 Å². The number of hydrogen-bond acceptors (Lipinski definition) is 3. The number of nitrogens with one attached hydrogen (secondary N) is 1. The summed E-state index contributed by atoms with van der Waals surface area (Å²) in [6, 6.07) is 15.4. The Morgan fingerprint density at radius 1 is 1.07 bits per heavy atom. The molecule has 0 aliphatic carbocycles. The van der Waals surface area contributed by atoms with Crippen molar-refractivity contribution < 1.29 is 4.79 Å². The Morgan fingerprint density at radius 3 is 2.53 bits per heavy atom. The van der Waals surface area contributed by atoms with E-state index in [-0.39, 0.29) is 5.91 Å². The van der Waals surface area contributed by atoms with E-state index in [0.29, 0.717) is 33.7 Å². The second kappa shape index (κ2) is 8.34. The Kier molecular flexibility index (Phi) is 5.61. The van der Waals surface area contributed by atoms with Crippen molar-refractivity contribution in [3.05, 3.63) is 93.5 Å². The van der Waals surface area contributed by atoms with Crippen molar-refractivity contribution in [1.82, 2.24) is 19.6 Å². The highest BCUT2D eigenvalue weighted by molar-refractivity contribution is 6.33. The molecule has 0 unspecified atom stereocenters. The SMILES string of the molecule is Cc1ccc(Cn2nc(C)c(C(=O)Nc3cnn(-c4ccccc4Cl)c3)c2Cl)cc1. The van der Waals surface area contributed by atoms with Crippen LogP contribution in [0, 0.1) is 13.8 Å². The van der Waals surface area contributed by atoms with Gasteiger partial charge in [0.05, 0.1) is 46.6 Å². The number of halogens is 2. The van der Waals surface area contributed by atoms with E-state index >= 15 is 0 Å². The predicted molar refractivity (Wildman–Crippen MR) is 119 cm³/mol. The lowest BCUT2D eigenvalue weighted by Crippen LogP contribution is -2.13. The number of nitrogens with zero attached hydrogens (tertiary/aromatic N) is 4. The number of para-hydroxylation sites is 1. The number of carbonyl (C=O) groups excluding carboxylic acids is 1. The average Bonchev–Trinajstić information content (AvgIpc) is 3.28. The van der Waals surface area contributed by atoms with Crippen LogP contribution in [0.15, 0.2) is 60.9 Å².